The van der Waals surface area contributed by atoms with Crippen LogP contribution >= 0.6 is 0 Å². The van der Waals surface area contributed by atoms with Crippen molar-refractivity contribution < 1.29 is 9.53 Å². The van der Waals surface area contributed by atoms with Crippen molar-refractivity contribution in [2.75, 3.05) is 25.5 Å². The van der Waals surface area contributed by atoms with Crippen molar-refractivity contribution in [1.82, 2.24) is 4.90 Å². The van der Waals surface area contributed by atoms with Crippen molar-refractivity contribution in [2.24, 2.45) is 0 Å². The molecule has 0 heterocycles. The fourth-order valence-corrected chi connectivity index (χ4v) is 2.17. The summed E-state index contributed by atoms with van der Waals surface area (Å²) in [4.78, 5) is 14.1. The van der Waals surface area contributed by atoms with Gasteiger partial charge in [-0.15, -0.1) is 0 Å². The summed E-state index contributed by atoms with van der Waals surface area (Å²) >= 11 is 0. The smallest absolute Gasteiger partial charge is 0.242 e. The summed E-state index contributed by atoms with van der Waals surface area (Å²) in [6.07, 6.45) is 0. The summed E-state index contributed by atoms with van der Waals surface area (Å²) in [6, 6.07) is 17.5. The Bertz CT molecular complexity index is 582. The summed E-state index contributed by atoms with van der Waals surface area (Å²) in [6.45, 7) is 3.58. The Labute approximate surface area is 131 Å². The highest BCUT2D eigenvalue weighted by Gasteiger charge is 2.11. The van der Waals surface area contributed by atoms with Crippen molar-refractivity contribution in [3.05, 3.63) is 60.2 Å². The quantitative estimate of drug-likeness (QED) is 0.853. The van der Waals surface area contributed by atoms with Crippen LogP contribution in [0.25, 0.3) is 0 Å². The third kappa shape index (κ3) is 4.52. The summed E-state index contributed by atoms with van der Waals surface area (Å²) < 4.78 is 5.14. The van der Waals surface area contributed by atoms with Crippen LogP contribution in [0.1, 0.15) is 12.5 Å². The van der Waals surface area contributed by atoms with Crippen LogP contribution in [-0.2, 0) is 11.3 Å². The molecule has 2 aromatic rings. The van der Waals surface area contributed by atoms with Crippen LogP contribution in [0.15, 0.2) is 54.6 Å². The number of likely N-dealkylation sites (N-methyl/N-ethyl adjacent to an activating group) is 1. The van der Waals surface area contributed by atoms with Gasteiger partial charge in [-0.05, 0) is 36.8 Å². The largest absolute Gasteiger partial charge is 0.497 e. The minimum atomic E-state index is 0.0853. The van der Waals surface area contributed by atoms with Gasteiger partial charge in [-0.25, -0.2) is 0 Å². The highest BCUT2D eigenvalue weighted by atomic mass is 16.5. The molecule has 116 valence electrons. The number of anilines is 1. The second kappa shape index (κ2) is 8.08. The average Bonchev–Trinajstić information content (AvgIpc) is 2.59. The lowest BCUT2D eigenvalue weighted by molar-refractivity contribution is -0.129. The second-order valence-corrected chi connectivity index (χ2v) is 4.98. The topological polar surface area (TPSA) is 41.6 Å². The molecule has 0 radical (unpaired) electrons. The Hall–Kier alpha value is -2.49. The van der Waals surface area contributed by atoms with E-state index in [9.17, 15) is 4.79 Å². The van der Waals surface area contributed by atoms with Gasteiger partial charge in [0.15, 0.2) is 0 Å². The average molecular weight is 298 g/mol. The first-order valence-corrected chi connectivity index (χ1v) is 7.42. The minimum absolute atomic E-state index is 0.0853. The number of nitrogens with one attached hydrogen (secondary N) is 1. The van der Waals surface area contributed by atoms with Gasteiger partial charge in [0, 0.05) is 18.8 Å². The van der Waals surface area contributed by atoms with Crippen molar-refractivity contribution in [3.63, 3.8) is 0 Å². The Morgan fingerprint density at radius 1 is 1.09 bits per heavy atom. The van der Waals surface area contributed by atoms with Gasteiger partial charge in [0.1, 0.15) is 5.75 Å². The molecule has 0 aliphatic carbocycles. The van der Waals surface area contributed by atoms with Crippen LogP contribution in [0, 0.1) is 0 Å². The molecule has 1 amide bonds. The molecule has 1 N–H and O–H groups in total. The van der Waals surface area contributed by atoms with Crippen LogP contribution in [0.2, 0.25) is 0 Å². The van der Waals surface area contributed by atoms with Gasteiger partial charge in [0.2, 0.25) is 5.91 Å². The standard InChI is InChI=1S/C18H22N2O2/c1-3-20(14-15-9-11-17(22-2)12-10-15)18(21)13-19-16-7-5-4-6-8-16/h4-12,19H,3,13-14H2,1-2H3. The van der Waals surface area contributed by atoms with Crippen LogP contribution in [0.4, 0.5) is 5.69 Å². The van der Waals surface area contributed by atoms with Crippen LogP contribution in [0.3, 0.4) is 0 Å². The summed E-state index contributed by atoms with van der Waals surface area (Å²) in [5.41, 5.74) is 2.05. The molecule has 2 rings (SSSR count). The number of nitrogens with zero attached hydrogens (tertiary/aromatic N) is 1. The van der Waals surface area contributed by atoms with Crippen LogP contribution < -0.4 is 10.1 Å². The van der Waals surface area contributed by atoms with E-state index in [0.717, 1.165) is 17.0 Å². The maximum atomic E-state index is 12.3. The molecule has 0 unspecified atom stereocenters. The SMILES string of the molecule is CCN(Cc1ccc(OC)cc1)C(=O)CNc1ccccc1. The monoisotopic (exact) mass is 298 g/mol. The maximum absolute atomic E-state index is 12.3. The lowest BCUT2D eigenvalue weighted by Gasteiger charge is -2.21. The van der Waals surface area contributed by atoms with E-state index in [1.807, 2.05) is 66.4 Å². The molecule has 0 spiro atoms. The summed E-state index contributed by atoms with van der Waals surface area (Å²) in [5, 5.41) is 3.15. The number of carbonyl (C=O) groups is 1. The van der Waals surface area contributed by atoms with Gasteiger partial charge in [0.05, 0.1) is 13.7 Å². The molecule has 0 saturated carbocycles. The lowest BCUT2D eigenvalue weighted by atomic mass is 10.2. The first-order chi connectivity index (χ1) is 10.7. The molecule has 0 bridgehead atoms. The van der Waals surface area contributed by atoms with E-state index in [-0.39, 0.29) is 5.91 Å². The molecular formula is C18H22N2O2. The first-order valence-electron chi connectivity index (χ1n) is 7.42. The van der Waals surface area contributed by atoms with Crippen molar-refractivity contribution in [1.29, 1.82) is 0 Å². The Balaban J connectivity index is 1.90. The number of amides is 1. The first kappa shape index (κ1) is 15.9. The second-order valence-electron chi connectivity index (χ2n) is 4.98. The van der Waals surface area contributed by atoms with E-state index >= 15 is 0 Å². The van der Waals surface area contributed by atoms with E-state index in [1.54, 1.807) is 7.11 Å². The molecule has 0 fully saturated rings. The summed E-state index contributed by atoms with van der Waals surface area (Å²) in [7, 11) is 1.64. The van der Waals surface area contributed by atoms with Gasteiger partial charge in [-0.3, -0.25) is 4.79 Å². The van der Waals surface area contributed by atoms with Crippen molar-refractivity contribution in [2.45, 2.75) is 13.5 Å². The molecule has 0 aliphatic rings. The molecule has 2 aromatic carbocycles. The molecule has 22 heavy (non-hydrogen) atoms. The van der Waals surface area contributed by atoms with Crippen LogP contribution in [-0.4, -0.2) is 31.0 Å². The zero-order valence-electron chi connectivity index (χ0n) is 13.1. The summed E-state index contributed by atoms with van der Waals surface area (Å²) in [5.74, 6) is 0.908. The molecule has 0 aromatic heterocycles. The number of hydrogen-bond donors (Lipinski definition) is 1. The Kier molecular flexibility index (Phi) is 5.83. The molecule has 0 saturated heterocycles. The number of rotatable bonds is 7. The number of carbonyl (C=O) groups excluding carboxylic acids is 1. The molecular weight excluding hydrogens is 276 g/mol. The number of methoxy groups -OCH3 is 1. The van der Waals surface area contributed by atoms with Gasteiger partial charge >= 0.3 is 0 Å². The van der Waals surface area contributed by atoms with Gasteiger partial charge < -0.3 is 15.0 Å². The highest BCUT2D eigenvalue weighted by molar-refractivity contribution is 5.80. The lowest BCUT2D eigenvalue weighted by Crippen LogP contribution is -2.34. The normalized spacial score (nSPS) is 10.1. The third-order valence-corrected chi connectivity index (χ3v) is 3.48. The molecule has 0 atom stereocenters. The van der Waals surface area contributed by atoms with Gasteiger partial charge in [0.25, 0.3) is 0 Å². The zero-order chi connectivity index (χ0) is 15.8. The van der Waals surface area contributed by atoms with E-state index < -0.39 is 0 Å². The Morgan fingerprint density at radius 2 is 1.77 bits per heavy atom. The van der Waals surface area contributed by atoms with Gasteiger partial charge in [-0.2, -0.15) is 0 Å². The van der Waals surface area contributed by atoms with Crippen molar-refractivity contribution >= 4 is 11.6 Å². The predicted octanol–water partition coefficient (Wildman–Crippen LogP) is 3.16. The highest BCUT2D eigenvalue weighted by Crippen LogP contribution is 2.13. The number of ether oxygens (including phenoxy) is 1. The number of benzene rings is 2. The maximum Gasteiger partial charge on any atom is 0.242 e. The zero-order valence-corrected chi connectivity index (χ0v) is 13.1. The van der Waals surface area contributed by atoms with E-state index in [1.165, 1.54) is 0 Å². The predicted molar refractivity (Wildman–Crippen MR) is 89.0 cm³/mol. The molecule has 0 aliphatic heterocycles. The number of hydrogen-bond acceptors (Lipinski definition) is 3. The fourth-order valence-electron chi connectivity index (χ4n) is 2.17. The van der Waals surface area contributed by atoms with Crippen molar-refractivity contribution in [3.8, 4) is 5.75 Å². The van der Waals surface area contributed by atoms with E-state index in [4.69, 9.17) is 4.74 Å². The number of para-hydroxylation sites is 1. The van der Waals surface area contributed by atoms with Gasteiger partial charge in [-0.1, -0.05) is 30.3 Å². The fraction of sp³-hybridized carbons (Fsp3) is 0.278. The minimum Gasteiger partial charge on any atom is -0.497 e. The van der Waals surface area contributed by atoms with E-state index in [0.29, 0.717) is 19.6 Å². The van der Waals surface area contributed by atoms with E-state index in [2.05, 4.69) is 5.32 Å². The molecule has 4 nitrogen and oxygen atoms in total. The third-order valence-electron chi connectivity index (χ3n) is 3.48. The van der Waals surface area contributed by atoms with Crippen LogP contribution in [0.5, 0.6) is 5.75 Å². The Morgan fingerprint density at radius 3 is 2.36 bits per heavy atom. The molecule has 4 heteroatoms.